The van der Waals surface area contributed by atoms with Crippen molar-refractivity contribution in [1.82, 2.24) is 0 Å². The molecule has 0 atom stereocenters. The summed E-state index contributed by atoms with van der Waals surface area (Å²) in [6.07, 6.45) is 8.95. The molecule has 0 amide bonds. The minimum atomic E-state index is 0.703. The topological polar surface area (TPSA) is 20.9 Å². The van der Waals surface area contributed by atoms with Crippen molar-refractivity contribution in [2.24, 2.45) is 7.05 Å². The summed E-state index contributed by atoms with van der Waals surface area (Å²) >= 11 is 0. The lowest BCUT2D eigenvalue weighted by molar-refractivity contribution is -0.671. The first-order chi connectivity index (χ1) is 8.28. The highest BCUT2D eigenvalue weighted by atomic mass is 16.1. The van der Waals surface area contributed by atoms with E-state index in [0.717, 1.165) is 17.4 Å². The van der Waals surface area contributed by atoms with Gasteiger partial charge in [-0.05, 0) is 11.1 Å². The summed E-state index contributed by atoms with van der Waals surface area (Å²) in [5.41, 5.74) is 2.94. The number of rotatable bonds is 3. The Morgan fingerprint density at radius 2 is 1.29 bits per heavy atom. The number of nitrogens with zero attached hydrogens (tertiary/aromatic N) is 1. The molecule has 1 heterocycles. The van der Waals surface area contributed by atoms with Crippen molar-refractivity contribution in [3.63, 3.8) is 0 Å². The Balaban J connectivity index is 2.14. The molecule has 0 aliphatic carbocycles. The molecule has 84 valence electrons. The molecule has 0 saturated heterocycles. The van der Waals surface area contributed by atoms with Gasteiger partial charge in [0.25, 0.3) is 0 Å². The maximum atomic E-state index is 10.5. The molecule has 0 bridgehead atoms. The van der Waals surface area contributed by atoms with Gasteiger partial charge < -0.3 is 0 Å². The lowest BCUT2D eigenvalue weighted by Gasteiger charge is -1.94. The summed E-state index contributed by atoms with van der Waals surface area (Å²) in [5, 5.41) is 0. The Bertz CT molecular complexity index is 524. The van der Waals surface area contributed by atoms with Crippen molar-refractivity contribution in [3.8, 4) is 0 Å². The molecule has 2 nitrogen and oxygen atoms in total. The van der Waals surface area contributed by atoms with Crippen molar-refractivity contribution in [2.45, 2.75) is 0 Å². The molecule has 0 aliphatic heterocycles. The van der Waals surface area contributed by atoms with E-state index in [0.29, 0.717) is 5.56 Å². The third kappa shape index (κ3) is 3.11. The second-order valence-corrected chi connectivity index (χ2v) is 3.91. The predicted molar refractivity (Wildman–Crippen MR) is 68.4 cm³/mol. The number of aldehydes is 1. The van der Waals surface area contributed by atoms with Gasteiger partial charge in [0.2, 0.25) is 0 Å². The smallest absolute Gasteiger partial charge is 0.169 e. The van der Waals surface area contributed by atoms with Crippen LogP contribution in [0.5, 0.6) is 0 Å². The molecule has 17 heavy (non-hydrogen) atoms. The van der Waals surface area contributed by atoms with Gasteiger partial charge in [-0.3, -0.25) is 4.79 Å². The number of carbonyl (C=O) groups is 1. The largest absolute Gasteiger partial charge is 0.298 e. The number of hydrogen-bond donors (Lipinski definition) is 0. The van der Waals surface area contributed by atoms with Crippen LogP contribution in [0.15, 0.2) is 48.8 Å². The molecular formula is C15H14NO+. The number of aromatic nitrogens is 1. The molecule has 0 radical (unpaired) electrons. The monoisotopic (exact) mass is 224 g/mol. The number of pyridine rings is 1. The molecule has 2 rings (SSSR count). The van der Waals surface area contributed by atoms with Gasteiger partial charge in [0.15, 0.2) is 12.4 Å². The van der Waals surface area contributed by atoms with Gasteiger partial charge >= 0.3 is 0 Å². The molecule has 0 N–H and O–H groups in total. The summed E-state index contributed by atoms with van der Waals surface area (Å²) in [6.45, 7) is 0. The maximum Gasteiger partial charge on any atom is 0.169 e. The fraction of sp³-hybridized carbons (Fsp3) is 0.0667. The van der Waals surface area contributed by atoms with E-state index in [4.69, 9.17) is 0 Å². The van der Waals surface area contributed by atoms with E-state index in [2.05, 4.69) is 18.2 Å². The molecule has 0 saturated carbocycles. The standard InChI is InChI=1S/C15H14NO/c1-16-10-8-14(9-11-16)3-2-13-4-6-15(12-17)7-5-13/h2-12H,1H3/q+1. The normalized spacial score (nSPS) is 10.6. The number of carbonyl (C=O) groups excluding carboxylic acids is 1. The zero-order chi connectivity index (χ0) is 12.1. The summed E-state index contributed by atoms with van der Waals surface area (Å²) in [7, 11) is 1.99. The quantitative estimate of drug-likeness (QED) is 0.579. The lowest BCUT2D eigenvalue weighted by Crippen LogP contribution is -2.25. The molecule has 2 heteroatoms. The predicted octanol–water partition coefficient (Wildman–Crippen LogP) is 2.49. The Hall–Kier alpha value is -2.22. The summed E-state index contributed by atoms with van der Waals surface area (Å²) < 4.78 is 2.00. The van der Waals surface area contributed by atoms with E-state index in [1.165, 1.54) is 0 Å². The lowest BCUT2D eigenvalue weighted by atomic mass is 10.1. The summed E-state index contributed by atoms with van der Waals surface area (Å²) in [6, 6.07) is 11.6. The minimum absolute atomic E-state index is 0.703. The van der Waals surface area contributed by atoms with E-state index in [-0.39, 0.29) is 0 Å². The van der Waals surface area contributed by atoms with Gasteiger partial charge in [0, 0.05) is 17.7 Å². The Morgan fingerprint density at radius 1 is 0.824 bits per heavy atom. The van der Waals surface area contributed by atoms with Crippen molar-refractivity contribution in [3.05, 3.63) is 65.5 Å². The zero-order valence-corrected chi connectivity index (χ0v) is 9.71. The summed E-state index contributed by atoms with van der Waals surface area (Å²) in [5.74, 6) is 0. The molecule has 2 aromatic rings. The van der Waals surface area contributed by atoms with Crippen LogP contribution in [0.4, 0.5) is 0 Å². The van der Waals surface area contributed by atoms with E-state index in [9.17, 15) is 4.79 Å². The maximum absolute atomic E-state index is 10.5. The third-order valence-electron chi connectivity index (χ3n) is 2.55. The zero-order valence-electron chi connectivity index (χ0n) is 9.71. The molecular weight excluding hydrogens is 210 g/mol. The number of aryl methyl sites for hydroxylation is 1. The van der Waals surface area contributed by atoms with Crippen LogP contribution in [0.2, 0.25) is 0 Å². The fourth-order valence-electron chi connectivity index (χ4n) is 1.50. The molecule has 1 aromatic carbocycles. The van der Waals surface area contributed by atoms with Gasteiger partial charge in [-0.15, -0.1) is 0 Å². The highest BCUT2D eigenvalue weighted by molar-refractivity contribution is 5.76. The van der Waals surface area contributed by atoms with Crippen LogP contribution in [0.25, 0.3) is 12.2 Å². The van der Waals surface area contributed by atoms with Crippen LogP contribution < -0.4 is 4.57 Å². The van der Waals surface area contributed by atoms with Gasteiger partial charge in [0.1, 0.15) is 13.3 Å². The molecule has 1 aromatic heterocycles. The fourth-order valence-corrected chi connectivity index (χ4v) is 1.50. The van der Waals surface area contributed by atoms with Crippen LogP contribution in [-0.2, 0) is 7.05 Å². The number of benzene rings is 1. The molecule has 0 unspecified atom stereocenters. The SMILES string of the molecule is C[n+]1ccc(C=Cc2ccc(C=O)cc2)cc1. The Morgan fingerprint density at radius 3 is 1.82 bits per heavy atom. The first-order valence-electron chi connectivity index (χ1n) is 5.46. The second-order valence-electron chi connectivity index (χ2n) is 3.91. The first kappa shape index (κ1) is 11.3. The highest BCUT2D eigenvalue weighted by Gasteiger charge is 1.92. The van der Waals surface area contributed by atoms with E-state index in [1.807, 2.05) is 54.3 Å². The van der Waals surface area contributed by atoms with Crippen molar-refractivity contribution < 1.29 is 9.36 Å². The van der Waals surface area contributed by atoms with E-state index in [1.54, 1.807) is 0 Å². The molecule has 0 spiro atoms. The van der Waals surface area contributed by atoms with E-state index >= 15 is 0 Å². The van der Waals surface area contributed by atoms with Crippen molar-refractivity contribution in [1.29, 1.82) is 0 Å². The summed E-state index contributed by atoms with van der Waals surface area (Å²) in [4.78, 5) is 10.5. The Kier molecular flexibility index (Phi) is 3.46. The molecule has 0 fully saturated rings. The van der Waals surface area contributed by atoms with Crippen molar-refractivity contribution in [2.75, 3.05) is 0 Å². The van der Waals surface area contributed by atoms with Gasteiger partial charge in [0.05, 0.1) is 0 Å². The third-order valence-corrected chi connectivity index (χ3v) is 2.55. The average molecular weight is 224 g/mol. The second kappa shape index (κ2) is 5.21. The van der Waals surface area contributed by atoms with Crippen LogP contribution in [-0.4, -0.2) is 6.29 Å². The van der Waals surface area contributed by atoms with Crippen LogP contribution in [0.3, 0.4) is 0 Å². The minimum Gasteiger partial charge on any atom is -0.298 e. The van der Waals surface area contributed by atoms with Gasteiger partial charge in [-0.2, -0.15) is 0 Å². The van der Waals surface area contributed by atoms with Crippen LogP contribution in [0, 0.1) is 0 Å². The van der Waals surface area contributed by atoms with Crippen LogP contribution in [0.1, 0.15) is 21.5 Å². The highest BCUT2D eigenvalue weighted by Crippen LogP contribution is 2.08. The Labute approximate surface area is 101 Å². The van der Waals surface area contributed by atoms with E-state index < -0.39 is 0 Å². The van der Waals surface area contributed by atoms with Crippen LogP contribution >= 0.6 is 0 Å². The number of hydrogen-bond acceptors (Lipinski definition) is 1. The van der Waals surface area contributed by atoms with Gasteiger partial charge in [-0.1, -0.05) is 36.4 Å². The molecule has 0 aliphatic rings. The van der Waals surface area contributed by atoms with Gasteiger partial charge in [-0.25, -0.2) is 4.57 Å². The first-order valence-corrected chi connectivity index (χ1v) is 5.46. The average Bonchev–Trinajstić information content (AvgIpc) is 2.39. The van der Waals surface area contributed by atoms with Crippen molar-refractivity contribution >= 4 is 18.4 Å².